The Labute approximate surface area is 203 Å². The Morgan fingerprint density at radius 1 is 1.03 bits per heavy atom. The lowest BCUT2D eigenvalue weighted by Crippen LogP contribution is -2.29. The molecule has 182 valence electrons. The van der Waals surface area contributed by atoms with Crippen LogP contribution in [0.4, 0.5) is 11.6 Å². The first-order valence-corrected chi connectivity index (χ1v) is 12.1. The normalized spacial score (nSPS) is 12.1. The lowest BCUT2D eigenvalue weighted by atomic mass is 10.2. The van der Waals surface area contributed by atoms with Crippen LogP contribution in [0.5, 0.6) is 5.75 Å². The molecule has 0 aliphatic heterocycles. The van der Waals surface area contributed by atoms with Crippen molar-refractivity contribution in [2.45, 2.75) is 24.8 Å². The minimum Gasteiger partial charge on any atom is -0.494 e. The van der Waals surface area contributed by atoms with Gasteiger partial charge in [0.05, 0.1) is 11.5 Å². The van der Waals surface area contributed by atoms with Crippen LogP contribution in [-0.2, 0) is 24.3 Å². The maximum Gasteiger partial charge on any atom is 0.331 e. The summed E-state index contributed by atoms with van der Waals surface area (Å²) in [6.07, 6.45) is 4.53. The standard InChI is InChI=1S/C24H24N4O6S/c1-3-33-20-10-5-18(6-11-20)7-14-22(29)34-17(2)23(30)27-19-8-12-21(13-9-19)35(31,32)28-24-25-15-4-16-26-24/h4-17H,3H2,1-2H3,(H,27,30)(H,25,26,28)/b14-7+/t17-/m1/s1. The van der Waals surface area contributed by atoms with Crippen LogP contribution >= 0.6 is 0 Å². The van der Waals surface area contributed by atoms with E-state index in [1.54, 1.807) is 36.4 Å². The third-order valence-electron chi connectivity index (χ3n) is 4.49. The molecule has 35 heavy (non-hydrogen) atoms. The lowest BCUT2D eigenvalue weighted by molar-refractivity contribution is -0.148. The summed E-state index contributed by atoms with van der Waals surface area (Å²) in [4.78, 5) is 32.0. The number of sulfonamides is 1. The summed E-state index contributed by atoms with van der Waals surface area (Å²) in [6, 6.07) is 14.2. The molecule has 11 heteroatoms. The third kappa shape index (κ3) is 7.64. The van der Waals surface area contributed by atoms with Crippen LogP contribution in [0.25, 0.3) is 6.08 Å². The molecule has 10 nitrogen and oxygen atoms in total. The number of hydrogen-bond acceptors (Lipinski definition) is 8. The number of esters is 1. The fraction of sp³-hybridized carbons (Fsp3) is 0.167. The number of amides is 1. The zero-order valence-electron chi connectivity index (χ0n) is 19.0. The van der Waals surface area contributed by atoms with E-state index in [1.807, 2.05) is 6.92 Å². The molecule has 2 aromatic carbocycles. The maximum atomic E-state index is 12.4. The van der Waals surface area contributed by atoms with Gasteiger partial charge in [0.2, 0.25) is 5.95 Å². The summed E-state index contributed by atoms with van der Waals surface area (Å²) in [6.45, 7) is 3.88. The largest absolute Gasteiger partial charge is 0.494 e. The molecule has 0 spiro atoms. The lowest BCUT2D eigenvalue weighted by Gasteiger charge is -2.13. The van der Waals surface area contributed by atoms with Crippen molar-refractivity contribution in [1.82, 2.24) is 9.97 Å². The van der Waals surface area contributed by atoms with Gasteiger partial charge < -0.3 is 14.8 Å². The van der Waals surface area contributed by atoms with Crippen LogP contribution < -0.4 is 14.8 Å². The van der Waals surface area contributed by atoms with Gasteiger partial charge in [-0.3, -0.25) is 4.79 Å². The molecule has 1 amide bonds. The highest BCUT2D eigenvalue weighted by Gasteiger charge is 2.18. The molecule has 0 fully saturated rings. The summed E-state index contributed by atoms with van der Waals surface area (Å²) in [5.74, 6) is -0.585. The van der Waals surface area contributed by atoms with E-state index in [0.717, 1.165) is 11.3 Å². The summed E-state index contributed by atoms with van der Waals surface area (Å²) in [7, 11) is -3.90. The topological polar surface area (TPSA) is 137 Å². The van der Waals surface area contributed by atoms with Crippen molar-refractivity contribution < 1.29 is 27.5 Å². The van der Waals surface area contributed by atoms with E-state index in [0.29, 0.717) is 12.3 Å². The zero-order valence-corrected chi connectivity index (χ0v) is 19.9. The van der Waals surface area contributed by atoms with E-state index in [2.05, 4.69) is 20.0 Å². The monoisotopic (exact) mass is 496 g/mol. The number of aromatic nitrogens is 2. The Bertz CT molecular complexity index is 1280. The van der Waals surface area contributed by atoms with Gasteiger partial charge in [-0.15, -0.1) is 0 Å². The Hall–Kier alpha value is -4.25. The fourth-order valence-electron chi connectivity index (χ4n) is 2.77. The number of hydrogen-bond donors (Lipinski definition) is 2. The molecule has 1 aromatic heterocycles. The molecule has 1 heterocycles. The Balaban J connectivity index is 1.52. The van der Waals surface area contributed by atoms with Gasteiger partial charge >= 0.3 is 5.97 Å². The quantitative estimate of drug-likeness (QED) is 0.322. The first-order valence-electron chi connectivity index (χ1n) is 10.6. The van der Waals surface area contributed by atoms with E-state index < -0.39 is 28.0 Å². The first kappa shape index (κ1) is 25.4. The maximum absolute atomic E-state index is 12.4. The average Bonchev–Trinajstić information content (AvgIpc) is 2.84. The molecule has 3 rings (SSSR count). The molecule has 0 unspecified atom stereocenters. The number of benzene rings is 2. The van der Waals surface area contributed by atoms with Crippen LogP contribution in [0, 0.1) is 0 Å². The second-order valence-electron chi connectivity index (χ2n) is 7.11. The highest BCUT2D eigenvalue weighted by molar-refractivity contribution is 7.92. The van der Waals surface area contributed by atoms with Crippen LogP contribution in [0.2, 0.25) is 0 Å². The van der Waals surface area contributed by atoms with Crippen molar-refractivity contribution in [2.24, 2.45) is 0 Å². The SMILES string of the molecule is CCOc1ccc(/C=C/C(=O)O[C@H](C)C(=O)Nc2ccc(S(=O)(=O)Nc3ncccn3)cc2)cc1. The molecule has 0 saturated heterocycles. The average molecular weight is 497 g/mol. The number of nitrogens with one attached hydrogen (secondary N) is 2. The van der Waals surface area contributed by atoms with Gasteiger partial charge in [0.1, 0.15) is 5.75 Å². The molecule has 0 radical (unpaired) electrons. The minimum atomic E-state index is -3.90. The fourth-order valence-corrected chi connectivity index (χ4v) is 3.72. The van der Waals surface area contributed by atoms with Crippen molar-refractivity contribution >= 4 is 39.6 Å². The predicted molar refractivity (Wildman–Crippen MR) is 130 cm³/mol. The highest BCUT2D eigenvalue weighted by atomic mass is 32.2. The second kappa shape index (κ2) is 11.7. The van der Waals surface area contributed by atoms with Crippen molar-refractivity contribution in [3.63, 3.8) is 0 Å². The van der Waals surface area contributed by atoms with Gasteiger partial charge in [-0.25, -0.2) is 27.9 Å². The second-order valence-corrected chi connectivity index (χ2v) is 8.79. The van der Waals surface area contributed by atoms with Crippen molar-refractivity contribution in [2.75, 3.05) is 16.6 Å². The smallest absolute Gasteiger partial charge is 0.331 e. The number of nitrogens with zero attached hydrogens (tertiary/aromatic N) is 2. The molecule has 0 aliphatic carbocycles. The third-order valence-corrected chi connectivity index (χ3v) is 5.83. The van der Waals surface area contributed by atoms with E-state index in [1.165, 1.54) is 49.7 Å². The van der Waals surface area contributed by atoms with Crippen molar-refractivity contribution in [3.05, 3.63) is 78.6 Å². The molecule has 0 aliphatic rings. The van der Waals surface area contributed by atoms with Gasteiger partial charge in [0.25, 0.3) is 15.9 Å². The minimum absolute atomic E-state index is 0.0399. The molecular formula is C24H24N4O6S. The summed E-state index contributed by atoms with van der Waals surface area (Å²) < 4.78 is 37.6. The van der Waals surface area contributed by atoms with Crippen LogP contribution in [-0.4, -0.2) is 43.0 Å². The van der Waals surface area contributed by atoms with Crippen LogP contribution in [0.3, 0.4) is 0 Å². The van der Waals surface area contributed by atoms with Gasteiger partial charge in [0, 0.05) is 24.2 Å². The predicted octanol–water partition coefficient (Wildman–Crippen LogP) is 3.26. The van der Waals surface area contributed by atoms with E-state index >= 15 is 0 Å². The van der Waals surface area contributed by atoms with Crippen molar-refractivity contribution in [1.29, 1.82) is 0 Å². The Morgan fingerprint density at radius 3 is 2.31 bits per heavy atom. The summed E-state index contributed by atoms with van der Waals surface area (Å²) >= 11 is 0. The van der Waals surface area contributed by atoms with E-state index in [4.69, 9.17) is 9.47 Å². The van der Waals surface area contributed by atoms with E-state index in [-0.39, 0.29) is 10.8 Å². The highest BCUT2D eigenvalue weighted by Crippen LogP contribution is 2.17. The number of anilines is 2. The molecular weight excluding hydrogens is 472 g/mol. The Kier molecular flexibility index (Phi) is 8.52. The van der Waals surface area contributed by atoms with Gasteiger partial charge in [-0.1, -0.05) is 12.1 Å². The number of carbonyl (C=O) groups excluding carboxylic acids is 2. The summed E-state index contributed by atoms with van der Waals surface area (Å²) in [5.41, 5.74) is 1.10. The van der Waals surface area contributed by atoms with Crippen LogP contribution in [0.15, 0.2) is 78.0 Å². The number of carbonyl (C=O) groups is 2. The zero-order chi connectivity index (χ0) is 25.3. The molecule has 1 atom stereocenters. The van der Waals surface area contributed by atoms with Gasteiger partial charge in [-0.2, -0.15) is 0 Å². The van der Waals surface area contributed by atoms with Crippen LogP contribution in [0.1, 0.15) is 19.4 Å². The molecule has 3 aromatic rings. The molecule has 0 saturated carbocycles. The van der Waals surface area contributed by atoms with Crippen molar-refractivity contribution in [3.8, 4) is 5.75 Å². The molecule has 2 N–H and O–H groups in total. The van der Waals surface area contributed by atoms with Gasteiger partial charge in [-0.05, 0) is 68.0 Å². The van der Waals surface area contributed by atoms with E-state index in [9.17, 15) is 18.0 Å². The molecule has 0 bridgehead atoms. The number of rotatable bonds is 10. The Morgan fingerprint density at radius 2 is 1.69 bits per heavy atom. The number of ether oxygens (including phenoxy) is 2. The van der Waals surface area contributed by atoms with Gasteiger partial charge in [0.15, 0.2) is 6.10 Å². The summed E-state index contributed by atoms with van der Waals surface area (Å²) in [5, 5.41) is 2.57. The first-order chi connectivity index (χ1) is 16.8.